The zero-order chi connectivity index (χ0) is 15.3. The number of nitrogens with two attached hydrogens (primary N) is 1. The summed E-state index contributed by atoms with van der Waals surface area (Å²) < 4.78 is 0. The highest BCUT2D eigenvalue weighted by molar-refractivity contribution is 6.36. The molecule has 1 aliphatic rings. The van der Waals surface area contributed by atoms with Gasteiger partial charge in [0.2, 0.25) is 0 Å². The van der Waals surface area contributed by atoms with Gasteiger partial charge in [-0.2, -0.15) is 0 Å². The minimum Gasteiger partial charge on any atom is -0.397 e. The lowest BCUT2D eigenvalue weighted by Gasteiger charge is -2.15. The van der Waals surface area contributed by atoms with Crippen molar-refractivity contribution < 1.29 is 9.59 Å². The first-order chi connectivity index (χ1) is 10.7. The van der Waals surface area contributed by atoms with E-state index < -0.39 is 0 Å². The number of hydrogen-bond acceptors (Lipinski definition) is 3. The number of amides is 2. The highest BCUT2D eigenvalue weighted by Gasteiger charge is 2.37. The molecule has 4 rings (SSSR count). The normalized spacial score (nSPS) is 13.7. The third-order valence-electron chi connectivity index (χ3n) is 3.93. The molecule has 3 aromatic carbocycles. The molecule has 0 aromatic heterocycles. The Bertz CT molecular complexity index is 892. The van der Waals surface area contributed by atoms with E-state index in [0.717, 1.165) is 15.7 Å². The number of imide groups is 1. The van der Waals surface area contributed by atoms with Gasteiger partial charge in [0, 0.05) is 0 Å². The molecule has 1 heterocycles. The number of carbonyl (C=O) groups is 2. The molecule has 3 aromatic rings. The van der Waals surface area contributed by atoms with E-state index in [1.165, 1.54) is 0 Å². The molecule has 0 radical (unpaired) electrons. The zero-order valence-corrected chi connectivity index (χ0v) is 11.6. The van der Waals surface area contributed by atoms with Crippen molar-refractivity contribution in [1.82, 2.24) is 0 Å². The summed E-state index contributed by atoms with van der Waals surface area (Å²) in [5.74, 6) is -0.660. The summed E-state index contributed by atoms with van der Waals surface area (Å²) in [6.07, 6.45) is 0. The van der Waals surface area contributed by atoms with Crippen molar-refractivity contribution in [3.63, 3.8) is 0 Å². The Kier molecular flexibility index (Phi) is 2.53. The molecular formula is C18H12N2O2. The van der Waals surface area contributed by atoms with Gasteiger partial charge in [-0.3, -0.25) is 9.59 Å². The SMILES string of the molecule is Nc1ccccc1N1C(=O)c2cc3ccccc3cc2C1=O. The molecule has 0 spiro atoms. The zero-order valence-electron chi connectivity index (χ0n) is 11.6. The molecule has 0 bridgehead atoms. The van der Waals surface area contributed by atoms with Crippen molar-refractivity contribution in [2.75, 3.05) is 10.6 Å². The molecule has 2 N–H and O–H groups in total. The van der Waals surface area contributed by atoms with Crippen LogP contribution < -0.4 is 10.6 Å². The van der Waals surface area contributed by atoms with Crippen molar-refractivity contribution in [2.24, 2.45) is 0 Å². The quantitative estimate of drug-likeness (QED) is 0.552. The predicted octanol–water partition coefficient (Wildman–Crippen LogP) is 3.22. The lowest BCUT2D eigenvalue weighted by molar-refractivity contribution is 0.0926. The molecule has 0 aliphatic carbocycles. The van der Waals surface area contributed by atoms with E-state index in [9.17, 15) is 9.59 Å². The van der Waals surface area contributed by atoms with E-state index in [0.29, 0.717) is 22.5 Å². The summed E-state index contributed by atoms with van der Waals surface area (Å²) >= 11 is 0. The van der Waals surface area contributed by atoms with Crippen LogP contribution in [0.15, 0.2) is 60.7 Å². The standard InChI is InChI=1S/C18H12N2O2/c19-15-7-3-4-8-16(15)20-17(21)13-9-11-5-1-2-6-12(11)10-14(13)18(20)22/h1-10H,19H2. The average Bonchev–Trinajstić information content (AvgIpc) is 2.77. The molecule has 2 amide bonds. The minimum absolute atomic E-state index is 0.330. The van der Waals surface area contributed by atoms with Gasteiger partial charge in [0.05, 0.1) is 22.5 Å². The lowest BCUT2D eigenvalue weighted by Crippen LogP contribution is -2.30. The summed E-state index contributed by atoms with van der Waals surface area (Å²) in [6, 6.07) is 18.1. The van der Waals surface area contributed by atoms with Crippen molar-refractivity contribution in [3.05, 3.63) is 71.8 Å². The Morgan fingerprint density at radius 1 is 0.727 bits per heavy atom. The second kappa shape index (κ2) is 4.43. The van der Waals surface area contributed by atoms with E-state index in [2.05, 4.69) is 0 Å². The second-order valence-electron chi connectivity index (χ2n) is 5.25. The smallest absolute Gasteiger partial charge is 0.266 e. The minimum atomic E-state index is -0.330. The monoisotopic (exact) mass is 288 g/mol. The topological polar surface area (TPSA) is 63.4 Å². The van der Waals surface area contributed by atoms with Crippen molar-refractivity contribution in [3.8, 4) is 0 Å². The van der Waals surface area contributed by atoms with Crippen LogP contribution in [-0.4, -0.2) is 11.8 Å². The van der Waals surface area contributed by atoms with Gasteiger partial charge in [-0.05, 0) is 35.0 Å². The fourth-order valence-electron chi connectivity index (χ4n) is 2.84. The lowest BCUT2D eigenvalue weighted by atomic mass is 10.0. The molecular weight excluding hydrogens is 276 g/mol. The fourth-order valence-corrected chi connectivity index (χ4v) is 2.84. The van der Waals surface area contributed by atoms with Crippen LogP contribution in [0.3, 0.4) is 0 Å². The van der Waals surface area contributed by atoms with Gasteiger partial charge in [-0.25, -0.2) is 4.90 Å². The summed E-state index contributed by atoms with van der Waals surface area (Å²) in [5.41, 5.74) is 7.59. The Morgan fingerprint density at radius 3 is 1.77 bits per heavy atom. The fraction of sp³-hybridized carbons (Fsp3) is 0. The van der Waals surface area contributed by atoms with E-state index in [4.69, 9.17) is 5.73 Å². The molecule has 0 atom stereocenters. The number of nitrogen functional groups attached to an aromatic ring is 1. The molecule has 0 fully saturated rings. The number of nitrogens with zero attached hydrogens (tertiary/aromatic N) is 1. The van der Waals surface area contributed by atoms with E-state index in [1.54, 1.807) is 36.4 Å². The average molecular weight is 288 g/mol. The molecule has 22 heavy (non-hydrogen) atoms. The van der Waals surface area contributed by atoms with Crippen LogP contribution in [-0.2, 0) is 0 Å². The van der Waals surface area contributed by atoms with Gasteiger partial charge in [0.25, 0.3) is 11.8 Å². The Balaban J connectivity index is 1.93. The molecule has 0 unspecified atom stereocenters. The Morgan fingerprint density at radius 2 is 1.23 bits per heavy atom. The second-order valence-corrected chi connectivity index (χ2v) is 5.25. The van der Waals surface area contributed by atoms with E-state index >= 15 is 0 Å². The van der Waals surface area contributed by atoms with Crippen molar-refractivity contribution >= 4 is 34.0 Å². The predicted molar refractivity (Wildman–Crippen MR) is 85.9 cm³/mol. The molecule has 4 heteroatoms. The summed E-state index contributed by atoms with van der Waals surface area (Å²) in [6.45, 7) is 0. The van der Waals surface area contributed by atoms with Gasteiger partial charge < -0.3 is 5.73 Å². The first-order valence-corrected chi connectivity index (χ1v) is 6.93. The highest BCUT2D eigenvalue weighted by atomic mass is 16.2. The van der Waals surface area contributed by atoms with E-state index in [1.807, 2.05) is 24.3 Å². The van der Waals surface area contributed by atoms with Crippen LogP contribution in [0, 0.1) is 0 Å². The number of anilines is 2. The van der Waals surface area contributed by atoms with Gasteiger partial charge in [0.1, 0.15) is 0 Å². The van der Waals surface area contributed by atoms with Gasteiger partial charge in [-0.15, -0.1) is 0 Å². The molecule has 0 saturated carbocycles. The van der Waals surface area contributed by atoms with Gasteiger partial charge >= 0.3 is 0 Å². The van der Waals surface area contributed by atoms with Crippen LogP contribution in [0.1, 0.15) is 20.7 Å². The number of rotatable bonds is 1. The van der Waals surface area contributed by atoms with Crippen molar-refractivity contribution in [1.29, 1.82) is 0 Å². The van der Waals surface area contributed by atoms with Crippen LogP contribution >= 0.6 is 0 Å². The highest BCUT2D eigenvalue weighted by Crippen LogP contribution is 2.33. The maximum atomic E-state index is 12.7. The third kappa shape index (κ3) is 1.64. The maximum absolute atomic E-state index is 12.7. The molecule has 0 saturated heterocycles. The number of benzene rings is 3. The molecule has 1 aliphatic heterocycles. The summed E-state index contributed by atoms with van der Waals surface area (Å²) in [5, 5.41) is 1.87. The van der Waals surface area contributed by atoms with Crippen LogP contribution in [0.4, 0.5) is 11.4 Å². The Hall–Kier alpha value is -3.14. The number of carbonyl (C=O) groups excluding carboxylic acids is 2. The number of fused-ring (bicyclic) bond motifs is 2. The summed E-state index contributed by atoms with van der Waals surface area (Å²) in [7, 11) is 0. The maximum Gasteiger partial charge on any atom is 0.266 e. The Labute approximate surface area is 126 Å². The van der Waals surface area contributed by atoms with Gasteiger partial charge in [0.15, 0.2) is 0 Å². The van der Waals surface area contributed by atoms with Crippen molar-refractivity contribution in [2.45, 2.75) is 0 Å². The third-order valence-corrected chi connectivity index (χ3v) is 3.93. The van der Waals surface area contributed by atoms with Crippen LogP contribution in [0.5, 0.6) is 0 Å². The molecule has 106 valence electrons. The van der Waals surface area contributed by atoms with Gasteiger partial charge in [-0.1, -0.05) is 36.4 Å². The number of para-hydroxylation sites is 2. The molecule has 4 nitrogen and oxygen atoms in total. The first-order valence-electron chi connectivity index (χ1n) is 6.93. The largest absolute Gasteiger partial charge is 0.397 e. The summed E-state index contributed by atoms with van der Waals surface area (Å²) in [4.78, 5) is 26.5. The van der Waals surface area contributed by atoms with Crippen LogP contribution in [0.25, 0.3) is 10.8 Å². The number of hydrogen-bond donors (Lipinski definition) is 1. The first kappa shape index (κ1) is 12.6. The van der Waals surface area contributed by atoms with E-state index in [-0.39, 0.29) is 11.8 Å². The van der Waals surface area contributed by atoms with Crippen LogP contribution in [0.2, 0.25) is 0 Å².